The summed E-state index contributed by atoms with van der Waals surface area (Å²) in [4.78, 5) is 26.0. The van der Waals surface area contributed by atoms with Crippen molar-refractivity contribution >= 4 is 34.8 Å². The smallest absolute Gasteiger partial charge is 0.229 e. The third kappa shape index (κ3) is 3.35. The van der Waals surface area contributed by atoms with Crippen molar-refractivity contribution in [2.45, 2.75) is 6.42 Å². The van der Waals surface area contributed by atoms with Gasteiger partial charge in [0.1, 0.15) is 5.82 Å². The summed E-state index contributed by atoms with van der Waals surface area (Å²) in [5, 5.41) is 3.11. The first kappa shape index (κ1) is 15.5. The number of hydrogen-bond acceptors (Lipinski definition) is 2. The molecule has 2 aromatic carbocycles. The molecule has 118 valence electrons. The minimum Gasteiger partial charge on any atom is -0.326 e. The Kier molecular flexibility index (Phi) is 4.30. The van der Waals surface area contributed by atoms with Gasteiger partial charge in [0.25, 0.3) is 0 Å². The van der Waals surface area contributed by atoms with E-state index < -0.39 is 11.7 Å². The van der Waals surface area contributed by atoms with Crippen LogP contribution in [0.5, 0.6) is 0 Å². The van der Waals surface area contributed by atoms with Crippen LogP contribution in [0.25, 0.3) is 0 Å². The van der Waals surface area contributed by atoms with Crippen LogP contribution in [0.15, 0.2) is 48.5 Å². The van der Waals surface area contributed by atoms with Crippen molar-refractivity contribution in [2.24, 2.45) is 5.92 Å². The molecule has 4 nitrogen and oxygen atoms in total. The maximum atomic E-state index is 13.2. The Morgan fingerprint density at radius 1 is 1.22 bits per heavy atom. The Balaban J connectivity index is 1.72. The molecule has 0 aliphatic carbocycles. The predicted octanol–water partition coefficient (Wildman–Crippen LogP) is 3.47. The van der Waals surface area contributed by atoms with Gasteiger partial charge in [-0.2, -0.15) is 0 Å². The average molecular weight is 333 g/mol. The van der Waals surface area contributed by atoms with Crippen molar-refractivity contribution in [2.75, 3.05) is 16.8 Å². The van der Waals surface area contributed by atoms with E-state index >= 15 is 0 Å². The minimum absolute atomic E-state index is 0.104. The summed E-state index contributed by atoms with van der Waals surface area (Å²) in [5.74, 6) is -1.39. The molecule has 0 spiro atoms. The zero-order valence-corrected chi connectivity index (χ0v) is 12.9. The SMILES string of the molecule is O=C(Nc1cccc(F)c1)C1CC(=O)N(c2ccccc2Cl)C1. The highest BCUT2D eigenvalue weighted by Crippen LogP contribution is 2.31. The van der Waals surface area contributed by atoms with Gasteiger partial charge in [0, 0.05) is 18.7 Å². The fourth-order valence-corrected chi connectivity index (χ4v) is 2.83. The lowest BCUT2D eigenvalue weighted by atomic mass is 10.1. The standard InChI is InChI=1S/C17H14ClFN2O2/c18-14-6-1-2-7-15(14)21-10-11(8-16(21)22)17(23)20-13-5-3-4-12(19)9-13/h1-7,9,11H,8,10H2,(H,20,23). The third-order valence-corrected chi connectivity index (χ3v) is 4.05. The van der Waals surface area contributed by atoms with Crippen LogP contribution in [0, 0.1) is 11.7 Å². The zero-order valence-electron chi connectivity index (χ0n) is 12.1. The van der Waals surface area contributed by atoms with Crippen molar-refractivity contribution in [3.05, 3.63) is 59.4 Å². The lowest BCUT2D eigenvalue weighted by molar-refractivity contribution is -0.122. The summed E-state index contributed by atoms with van der Waals surface area (Å²) in [6.07, 6.45) is 0.104. The topological polar surface area (TPSA) is 49.4 Å². The van der Waals surface area contributed by atoms with Crippen LogP contribution < -0.4 is 10.2 Å². The second-order valence-corrected chi connectivity index (χ2v) is 5.76. The summed E-state index contributed by atoms with van der Waals surface area (Å²) in [5.41, 5.74) is 0.971. The van der Waals surface area contributed by atoms with Crippen molar-refractivity contribution < 1.29 is 14.0 Å². The lowest BCUT2D eigenvalue weighted by Gasteiger charge is -2.18. The molecule has 0 saturated carbocycles. The van der Waals surface area contributed by atoms with E-state index in [1.54, 1.807) is 30.3 Å². The molecule has 3 rings (SSSR count). The van der Waals surface area contributed by atoms with Crippen LogP contribution >= 0.6 is 11.6 Å². The first-order valence-electron chi connectivity index (χ1n) is 7.16. The summed E-state index contributed by atoms with van der Waals surface area (Å²) >= 11 is 6.11. The number of rotatable bonds is 3. The second kappa shape index (κ2) is 6.38. The second-order valence-electron chi connectivity index (χ2n) is 5.36. The van der Waals surface area contributed by atoms with Crippen molar-refractivity contribution in [3.8, 4) is 0 Å². The Morgan fingerprint density at radius 3 is 2.74 bits per heavy atom. The number of nitrogens with zero attached hydrogens (tertiary/aromatic N) is 1. The molecule has 1 N–H and O–H groups in total. The third-order valence-electron chi connectivity index (χ3n) is 3.73. The maximum Gasteiger partial charge on any atom is 0.229 e. The normalized spacial score (nSPS) is 17.4. The molecular formula is C17H14ClFN2O2. The fraction of sp³-hybridized carbons (Fsp3) is 0.176. The summed E-state index contributed by atoms with van der Waals surface area (Å²) in [6.45, 7) is 0.254. The highest BCUT2D eigenvalue weighted by Gasteiger charge is 2.35. The molecule has 0 radical (unpaired) electrons. The number of amides is 2. The number of carbonyl (C=O) groups is 2. The molecule has 1 heterocycles. The van der Waals surface area contributed by atoms with Gasteiger partial charge in [0.15, 0.2) is 0 Å². The summed E-state index contributed by atoms with van der Waals surface area (Å²) in [6, 6.07) is 12.7. The Labute approximate surface area is 137 Å². The van der Waals surface area contributed by atoms with Gasteiger partial charge in [-0.1, -0.05) is 29.8 Å². The molecule has 23 heavy (non-hydrogen) atoms. The highest BCUT2D eigenvalue weighted by molar-refractivity contribution is 6.33. The van der Waals surface area contributed by atoms with Gasteiger partial charge in [0.05, 0.1) is 16.6 Å². The predicted molar refractivity (Wildman–Crippen MR) is 86.9 cm³/mol. The Morgan fingerprint density at radius 2 is 2.00 bits per heavy atom. The molecule has 1 fully saturated rings. The molecule has 1 aliphatic rings. The number of nitrogens with one attached hydrogen (secondary N) is 1. The molecule has 1 unspecified atom stereocenters. The van der Waals surface area contributed by atoms with E-state index in [2.05, 4.69) is 5.32 Å². The number of halogens is 2. The lowest BCUT2D eigenvalue weighted by Crippen LogP contribution is -2.28. The van der Waals surface area contributed by atoms with Crippen LogP contribution in [0.3, 0.4) is 0 Å². The van der Waals surface area contributed by atoms with E-state index in [9.17, 15) is 14.0 Å². The Bertz CT molecular complexity index is 766. The number of carbonyl (C=O) groups excluding carboxylic acids is 2. The van der Waals surface area contributed by atoms with E-state index in [0.29, 0.717) is 16.4 Å². The van der Waals surface area contributed by atoms with Crippen molar-refractivity contribution in [3.63, 3.8) is 0 Å². The van der Waals surface area contributed by atoms with Gasteiger partial charge in [-0.15, -0.1) is 0 Å². The molecule has 0 bridgehead atoms. The van der Waals surface area contributed by atoms with E-state index in [4.69, 9.17) is 11.6 Å². The molecule has 2 aromatic rings. The van der Waals surface area contributed by atoms with Crippen molar-refractivity contribution in [1.29, 1.82) is 0 Å². The van der Waals surface area contributed by atoms with Crippen LogP contribution in [-0.4, -0.2) is 18.4 Å². The minimum atomic E-state index is -0.498. The molecule has 1 saturated heterocycles. The van der Waals surface area contributed by atoms with Crippen LogP contribution in [0.2, 0.25) is 5.02 Å². The molecule has 1 aliphatic heterocycles. The first-order chi connectivity index (χ1) is 11.0. The van der Waals surface area contributed by atoms with Gasteiger partial charge in [0.2, 0.25) is 11.8 Å². The first-order valence-corrected chi connectivity index (χ1v) is 7.54. The van der Waals surface area contributed by atoms with E-state index in [1.807, 2.05) is 0 Å². The van der Waals surface area contributed by atoms with Crippen LogP contribution in [0.1, 0.15) is 6.42 Å². The maximum absolute atomic E-state index is 13.2. The average Bonchev–Trinajstić information content (AvgIpc) is 2.90. The fourth-order valence-electron chi connectivity index (χ4n) is 2.60. The van der Waals surface area contributed by atoms with Gasteiger partial charge in [-0.3, -0.25) is 9.59 Å². The molecule has 2 amide bonds. The molecule has 0 aromatic heterocycles. The number of hydrogen-bond donors (Lipinski definition) is 1. The van der Waals surface area contributed by atoms with Gasteiger partial charge >= 0.3 is 0 Å². The van der Waals surface area contributed by atoms with Gasteiger partial charge in [-0.25, -0.2) is 4.39 Å². The number of anilines is 2. The quantitative estimate of drug-likeness (QED) is 0.935. The molecule has 6 heteroatoms. The van der Waals surface area contributed by atoms with Crippen LogP contribution in [0.4, 0.5) is 15.8 Å². The van der Waals surface area contributed by atoms with Crippen LogP contribution in [-0.2, 0) is 9.59 Å². The zero-order chi connectivity index (χ0) is 16.4. The molecule has 1 atom stereocenters. The van der Waals surface area contributed by atoms with E-state index in [0.717, 1.165) is 0 Å². The number of benzene rings is 2. The van der Waals surface area contributed by atoms with E-state index in [-0.39, 0.29) is 24.8 Å². The van der Waals surface area contributed by atoms with Gasteiger partial charge < -0.3 is 10.2 Å². The van der Waals surface area contributed by atoms with Crippen molar-refractivity contribution in [1.82, 2.24) is 0 Å². The highest BCUT2D eigenvalue weighted by atomic mass is 35.5. The Hall–Kier alpha value is -2.40. The molecular weight excluding hydrogens is 319 g/mol. The largest absolute Gasteiger partial charge is 0.326 e. The summed E-state index contributed by atoms with van der Waals surface area (Å²) in [7, 11) is 0. The number of para-hydroxylation sites is 1. The van der Waals surface area contributed by atoms with E-state index in [1.165, 1.54) is 23.1 Å². The summed E-state index contributed by atoms with van der Waals surface area (Å²) < 4.78 is 13.2. The van der Waals surface area contributed by atoms with Gasteiger partial charge in [-0.05, 0) is 30.3 Å². The monoisotopic (exact) mass is 332 g/mol.